The van der Waals surface area contributed by atoms with E-state index in [1.165, 1.54) is 38.5 Å². The van der Waals surface area contributed by atoms with Gasteiger partial charge in [0.2, 0.25) is 0 Å². The number of carbonyl (C=O) groups excluding carboxylic acids is 1. The summed E-state index contributed by atoms with van der Waals surface area (Å²) in [5, 5.41) is 3.37. The Bertz CT molecular complexity index is 806. The van der Waals surface area contributed by atoms with Crippen molar-refractivity contribution in [2.24, 2.45) is 57.9 Å². The highest BCUT2D eigenvalue weighted by atomic mass is 16.6. The van der Waals surface area contributed by atoms with Crippen molar-refractivity contribution in [2.75, 3.05) is 0 Å². The summed E-state index contributed by atoms with van der Waals surface area (Å²) in [6, 6.07) is -0.0668. The minimum absolute atomic E-state index is 0.0668. The van der Waals surface area contributed by atoms with E-state index in [0.717, 1.165) is 48.3 Å². The van der Waals surface area contributed by atoms with Gasteiger partial charge in [0, 0.05) is 17.8 Å². The van der Waals surface area contributed by atoms with Crippen molar-refractivity contribution in [3.05, 3.63) is 16.6 Å². The van der Waals surface area contributed by atoms with E-state index in [2.05, 4.69) is 18.2 Å². The number of allylic oxidation sites excluding steroid dienone is 1. The summed E-state index contributed by atoms with van der Waals surface area (Å²) in [7, 11) is 0. The second-order valence-electron chi connectivity index (χ2n) is 11.2. The monoisotopic (exact) mass is 381 g/mol. The zero-order valence-corrected chi connectivity index (χ0v) is 16.8. The van der Waals surface area contributed by atoms with E-state index < -0.39 is 0 Å². The number of nitrogens with zero attached hydrogens (tertiary/aromatic N) is 1. The number of hydrogen-bond donors (Lipinski definition) is 0. The van der Waals surface area contributed by atoms with Crippen molar-refractivity contribution < 1.29 is 9.53 Å². The van der Waals surface area contributed by atoms with Crippen LogP contribution in [-0.4, -0.2) is 17.6 Å². The van der Waals surface area contributed by atoms with Crippen LogP contribution >= 0.6 is 0 Å². The van der Waals surface area contributed by atoms with Crippen molar-refractivity contribution in [3.8, 4) is 0 Å². The second kappa shape index (κ2) is 5.10. The highest BCUT2D eigenvalue weighted by molar-refractivity contribution is 5.73. The van der Waals surface area contributed by atoms with E-state index in [1.807, 2.05) is 0 Å². The summed E-state index contributed by atoms with van der Waals surface area (Å²) in [6.07, 6.45) is 12.4. The van der Waals surface area contributed by atoms with Gasteiger partial charge in [0.1, 0.15) is 11.6 Å². The Labute approximate surface area is 166 Å². The van der Waals surface area contributed by atoms with Gasteiger partial charge in [0.25, 0.3) is 0 Å². The molecular weight excluding hydrogens is 350 g/mol. The number of rotatable bonds is 2. The molecule has 0 amide bonds. The fourth-order valence-corrected chi connectivity index (χ4v) is 10.0. The lowest BCUT2D eigenvalue weighted by atomic mass is 9.47. The molecule has 0 aromatic heterocycles. The molecule has 0 aromatic rings. The SMILES string of the molecule is CC[C@]12CCC3C(C4CC4C4=CC(N=O)CC[C@@H]43)C1C1CC1[C@@]21CCC(=O)O1. The van der Waals surface area contributed by atoms with Crippen LogP contribution in [0.3, 0.4) is 0 Å². The highest BCUT2D eigenvalue weighted by Gasteiger charge is 2.81. The van der Waals surface area contributed by atoms with Gasteiger partial charge >= 0.3 is 5.97 Å². The molecule has 0 radical (unpaired) electrons. The Morgan fingerprint density at radius 1 is 1.11 bits per heavy atom. The summed E-state index contributed by atoms with van der Waals surface area (Å²) in [5.74, 6) is 6.26. The van der Waals surface area contributed by atoms with Crippen LogP contribution < -0.4 is 0 Å². The molecule has 4 nitrogen and oxygen atoms in total. The van der Waals surface area contributed by atoms with Crippen LogP contribution in [0, 0.1) is 57.7 Å². The van der Waals surface area contributed by atoms with Gasteiger partial charge in [0.05, 0.1) is 0 Å². The van der Waals surface area contributed by atoms with Crippen LogP contribution in [0.5, 0.6) is 0 Å². The van der Waals surface area contributed by atoms with Crippen LogP contribution in [0.2, 0.25) is 0 Å². The normalized spacial score (nSPS) is 60.0. The Kier molecular flexibility index (Phi) is 3.02. The minimum atomic E-state index is -0.112. The third-order valence-corrected chi connectivity index (χ3v) is 10.8. The van der Waals surface area contributed by atoms with Gasteiger partial charge in [-0.15, -0.1) is 0 Å². The maximum Gasteiger partial charge on any atom is 0.306 e. The summed E-state index contributed by atoms with van der Waals surface area (Å²) in [6.45, 7) is 2.38. The minimum Gasteiger partial charge on any atom is -0.458 e. The molecular formula is C24H31NO3. The van der Waals surface area contributed by atoms with Gasteiger partial charge in [-0.05, 0) is 92.8 Å². The van der Waals surface area contributed by atoms with E-state index in [0.29, 0.717) is 18.3 Å². The van der Waals surface area contributed by atoms with Gasteiger partial charge in [-0.3, -0.25) is 4.79 Å². The summed E-state index contributed by atoms with van der Waals surface area (Å²) in [5.41, 5.74) is 1.76. The van der Waals surface area contributed by atoms with E-state index in [4.69, 9.17) is 4.74 Å². The number of esters is 1. The average molecular weight is 382 g/mol. The topological polar surface area (TPSA) is 55.7 Å². The first-order valence-corrected chi connectivity index (χ1v) is 11.9. The van der Waals surface area contributed by atoms with Gasteiger partial charge in [-0.2, -0.15) is 4.91 Å². The molecule has 150 valence electrons. The first-order valence-electron chi connectivity index (χ1n) is 11.9. The van der Waals surface area contributed by atoms with Crippen LogP contribution in [0.4, 0.5) is 0 Å². The average Bonchev–Trinajstić information content (AvgIpc) is 3.63. The highest BCUT2D eigenvalue weighted by Crippen LogP contribution is 2.81. The van der Waals surface area contributed by atoms with Crippen molar-refractivity contribution in [1.82, 2.24) is 0 Å². The molecule has 28 heavy (non-hydrogen) atoms. The van der Waals surface area contributed by atoms with Crippen molar-refractivity contribution in [2.45, 2.75) is 76.4 Å². The van der Waals surface area contributed by atoms with Crippen molar-refractivity contribution in [3.63, 3.8) is 0 Å². The predicted molar refractivity (Wildman–Crippen MR) is 104 cm³/mol. The molecule has 1 aliphatic heterocycles. The van der Waals surface area contributed by atoms with E-state index in [-0.39, 0.29) is 23.0 Å². The molecule has 5 saturated carbocycles. The maximum atomic E-state index is 12.2. The molecule has 11 atom stereocenters. The van der Waals surface area contributed by atoms with Gasteiger partial charge in [0.15, 0.2) is 0 Å². The first kappa shape index (κ1) is 16.6. The molecule has 1 saturated heterocycles. The zero-order chi connectivity index (χ0) is 18.8. The number of carbonyl (C=O) groups is 1. The maximum absolute atomic E-state index is 12.2. The molecule has 0 aromatic carbocycles. The lowest BCUT2D eigenvalue weighted by Gasteiger charge is -2.58. The van der Waals surface area contributed by atoms with E-state index in [1.54, 1.807) is 5.57 Å². The molecule has 1 heterocycles. The van der Waals surface area contributed by atoms with Gasteiger partial charge < -0.3 is 4.74 Å². The summed E-state index contributed by atoms with van der Waals surface area (Å²) in [4.78, 5) is 23.4. The Morgan fingerprint density at radius 3 is 2.75 bits per heavy atom. The lowest BCUT2D eigenvalue weighted by Crippen LogP contribution is -2.57. The van der Waals surface area contributed by atoms with Crippen LogP contribution in [0.25, 0.3) is 0 Å². The molecule has 8 unspecified atom stereocenters. The fourth-order valence-electron chi connectivity index (χ4n) is 10.0. The quantitative estimate of drug-likeness (QED) is 0.389. The smallest absolute Gasteiger partial charge is 0.306 e. The standard InChI is InChI=1S/C24H31NO3/c1-2-23-7-5-14-13-4-3-12(25-27)9-15(13)16-10-17(16)21(14)22(23)18-11-19(18)24(23)8-6-20(26)28-24/h9,12-14,16-19,21-22H,2-8,10-11H2,1H3/t12?,13-,14?,16?,17?,18?,19?,21?,22?,23+,24+/m1/s1. The molecule has 0 bridgehead atoms. The van der Waals surface area contributed by atoms with Crippen molar-refractivity contribution in [1.29, 1.82) is 0 Å². The Hall–Kier alpha value is -1.19. The van der Waals surface area contributed by atoms with Crippen LogP contribution in [-0.2, 0) is 9.53 Å². The Morgan fingerprint density at radius 2 is 2.00 bits per heavy atom. The second-order valence-corrected chi connectivity index (χ2v) is 11.2. The molecule has 4 heteroatoms. The lowest BCUT2D eigenvalue weighted by molar-refractivity contribution is -0.180. The third-order valence-electron chi connectivity index (χ3n) is 10.8. The predicted octanol–water partition coefficient (Wildman–Crippen LogP) is 4.87. The number of hydrogen-bond acceptors (Lipinski definition) is 4. The van der Waals surface area contributed by atoms with E-state index in [9.17, 15) is 9.70 Å². The van der Waals surface area contributed by atoms with Crippen molar-refractivity contribution >= 4 is 5.97 Å². The van der Waals surface area contributed by atoms with Gasteiger partial charge in [-0.25, -0.2) is 0 Å². The third kappa shape index (κ3) is 1.71. The van der Waals surface area contributed by atoms with Crippen LogP contribution in [0.15, 0.2) is 16.8 Å². The molecule has 1 spiro atoms. The first-order chi connectivity index (χ1) is 13.6. The molecule has 7 aliphatic rings. The number of fused-ring (bicyclic) bond motifs is 12. The fraction of sp³-hybridized carbons (Fsp3) is 0.875. The summed E-state index contributed by atoms with van der Waals surface area (Å²) >= 11 is 0. The molecule has 6 fully saturated rings. The zero-order valence-electron chi connectivity index (χ0n) is 16.8. The Balaban J connectivity index is 1.30. The van der Waals surface area contributed by atoms with E-state index >= 15 is 0 Å². The van der Waals surface area contributed by atoms with Crippen LogP contribution in [0.1, 0.15) is 64.7 Å². The number of ether oxygens (including phenoxy) is 1. The molecule has 7 rings (SSSR count). The van der Waals surface area contributed by atoms with Gasteiger partial charge in [-0.1, -0.05) is 23.7 Å². The largest absolute Gasteiger partial charge is 0.458 e. The molecule has 0 N–H and O–H groups in total. The molecule has 6 aliphatic carbocycles. The summed E-state index contributed by atoms with van der Waals surface area (Å²) < 4.78 is 6.29. The number of nitroso groups, excluding NO2 is 1.